The van der Waals surface area contributed by atoms with Crippen molar-refractivity contribution < 1.29 is 14.3 Å². The van der Waals surface area contributed by atoms with Crippen LogP contribution < -0.4 is 15.4 Å². The highest BCUT2D eigenvalue weighted by atomic mass is 127. The van der Waals surface area contributed by atoms with Crippen molar-refractivity contribution in [3.8, 4) is 5.88 Å². The number of ether oxygens (including phenoxy) is 1. The summed E-state index contributed by atoms with van der Waals surface area (Å²) in [6, 6.07) is 20.4. The highest BCUT2D eigenvalue weighted by Gasteiger charge is 2.11. The first-order valence-corrected chi connectivity index (χ1v) is 9.65. The zero-order valence-electron chi connectivity index (χ0n) is 14.9. The van der Waals surface area contributed by atoms with Crippen molar-refractivity contribution in [3.05, 3.63) is 87.6 Å². The molecule has 0 atom stereocenters. The summed E-state index contributed by atoms with van der Waals surface area (Å²) in [5, 5.41) is 5.30. The monoisotopic (exact) mass is 487 g/mol. The van der Waals surface area contributed by atoms with E-state index in [1.54, 1.807) is 24.3 Å². The van der Waals surface area contributed by atoms with Gasteiger partial charge in [-0.1, -0.05) is 42.5 Å². The van der Waals surface area contributed by atoms with Crippen molar-refractivity contribution in [2.45, 2.75) is 6.61 Å². The summed E-state index contributed by atoms with van der Waals surface area (Å²) in [6.45, 7) is 0.292. The van der Waals surface area contributed by atoms with E-state index >= 15 is 0 Å². The van der Waals surface area contributed by atoms with Gasteiger partial charge in [-0.05, 0) is 46.4 Å². The van der Waals surface area contributed by atoms with E-state index in [-0.39, 0.29) is 18.4 Å². The second-order valence-corrected chi connectivity index (χ2v) is 7.03. The van der Waals surface area contributed by atoms with Gasteiger partial charge < -0.3 is 15.4 Å². The first-order valence-electron chi connectivity index (χ1n) is 8.57. The normalized spacial score (nSPS) is 10.2. The largest absolute Gasteiger partial charge is 0.473 e. The van der Waals surface area contributed by atoms with Gasteiger partial charge in [0.2, 0.25) is 11.8 Å². The Morgan fingerprint density at radius 2 is 1.71 bits per heavy atom. The van der Waals surface area contributed by atoms with Gasteiger partial charge in [-0.15, -0.1) is 0 Å². The number of amides is 2. The molecular weight excluding hydrogens is 469 g/mol. The Labute approximate surface area is 176 Å². The van der Waals surface area contributed by atoms with E-state index in [2.05, 4.69) is 38.2 Å². The van der Waals surface area contributed by atoms with Gasteiger partial charge in [-0.25, -0.2) is 4.98 Å². The number of benzene rings is 2. The maximum atomic E-state index is 12.1. The number of hydrogen-bond donors (Lipinski definition) is 2. The first-order chi connectivity index (χ1) is 13.6. The molecule has 0 aliphatic rings. The molecule has 2 N–H and O–H groups in total. The Balaban J connectivity index is 1.46. The lowest BCUT2D eigenvalue weighted by Crippen LogP contribution is -2.33. The molecule has 0 saturated carbocycles. The fraction of sp³-hybridized carbons (Fsp3) is 0.0952. The van der Waals surface area contributed by atoms with Gasteiger partial charge in [-0.2, -0.15) is 0 Å². The van der Waals surface area contributed by atoms with E-state index in [1.807, 2.05) is 42.5 Å². The van der Waals surface area contributed by atoms with Gasteiger partial charge in [0.05, 0.1) is 24.0 Å². The van der Waals surface area contributed by atoms with E-state index in [0.717, 1.165) is 9.13 Å². The molecule has 3 rings (SSSR count). The lowest BCUT2D eigenvalue weighted by atomic mass is 10.2. The van der Waals surface area contributed by atoms with Gasteiger partial charge in [0, 0.05) is 9.64 Å². The minimum atomic E-state index is -0.334. The molecule has 0 aliphatic carbocycles. The van der Waals surface area contributed by atoms with Crippen molar-refractivity contribution in [2.24, 2.45) is 0 Å². The smallest absolute Gasteiger partial charge is 0.252 e. The average molecular weight is 487 g/mol. The Morgan fingerprint density at radius 3 is 2.43 bits per heavy atom. The molecule has 0 unspecified atom stereocenters. The quantitative estimate of drug-likeness (QED) is 0.499. The predicted octanol–water partition coefficient (Wildman–Crippen LogP) is 3.63. The molecule has 0 spiro atoms. The molecular formula is C21H18IN3O3. The number of rotatable bonds is 7. The van der Waals surface area contributed by atoms with Crippen LogP contribution in [0.3, 0.4) is 0 Å². The molecule has 2 aromatic carbocycles. The summed E-state index contributed by atoms with van der Waals surface area (Å²) >= 11 is 2.08. The van der Waals surface area contributed by atoms with Crippen LogP contribution in [-0.4, -0.2) is 23.3 Å². The maximum Gasteiger partial charge on any atom is 0.252 e. The van der Waals surface area contributed by atoms with Gasteiger partial charge in [0.1, 0.15) is 6.61 Å². The first kappa shape index (κ1) is 19.8. The van der Waals surface area contributed by atoms with Gasteiger partial charge in [-0.3, -0.25) is 9.59 Å². The van der Waals surface area contributed by atoms with Crippen molar-refractivity contribution >= 4 is 40.1 Å². The lowest BCUT2D eigenvalue weighted by molar-refractivity contribution is -0.115. The molecule has 1 heterocycles. The Hall–Kier alpha value is -2.94. The highest BCUT2D eigenvalue weighted by Crippen LogP contribution is 2.14. The predicted molar refractivity (Wildman–Crippen MR) is 115 cm³/mol. The van der Waals surface area contributed by atoms with E-state index in [1.165, 1.54) is 6.20 Å². The second-order valence-electron chi connectivity index (χ2n) is 5.87. The number of hydrogen-bond acceptors (Lipinski definition) is 4. The number of aromatic nitrogens is 1. The molecule has 3 aromatic rings. The minimum Gasteiger partial charge on any atom is -0.473 e. The minimum absolute atomic E-state index is 0.129. The fourth-order valence-electron chi connectivity index (χ4n) is 2.38. The number of nitrogens with one attached hydrogen (secondary N) is 2. The molecule has 0 saturated heterocycles. The Morgan fingerprint density at radius 1 is 0.964 bits per heavy atom. The summed E-state index contributed by atoms with van der Waals surface area (Å²) in [5.41, 5.74) is 2.11. The average Bonchev–Trinajstić information content (AvgIpc) is 2.72. The number of nitrogens with zero attached hydrogens (tertiary/aromatic N) is 1. The van der Waals surface area contributed by atoms with Gasteiger partial charge in [0.25, 0.3) is 5.91 Å². The van der Waals surface area contributed by atoms with E-state index < -0.39 is 0 Å². The van der Waals surface area contributed by atoms with Crippen molar-refractivity contribution in [2.75, 3.05) is 11.9 Å². The van der Waals surface area contributed by atoms with Crippen LogP contribution in [-0.2, 0) is 11.4 Å². The lowest BCUT2D eigenvalue weighted by Gasteiger charge is -2.09. The van der Waals surface area contributed by atoms with Crippen LogP contribution in [0.4, 0.5) is 5.69 Å². The summed E-state index contributed by atoms with van der Waals surface area (Å²) in [4.78, 5) is 28.3. The standard InChI is InChI=1S/C21H18IN3O3/c22-18-9-5-4-8-17(18)21(27)24-13-19(26)25-16-10-11-20(23-12-16)28-14-15-6-2-1-3-7-15/h1-12H,13-14H2,(H,24,27)(H,25,26). The molecule has 0 fully saturated rings. The molecule has 0 aliphatic heterocycles. The molecule has 28 heavy (non-hydrogen) atoms. The number of halogens is 1. The number of anilines is 1. The van der Waals surface area contributed by atoms with Gasteiger partial charge in [0.15, 0.2) is 0 Å². The van der Waals surface area contributed by atoms with Crippen molar-refractivity contribution in [1.82, 2.24) is 10.3 Å². The number of carbonyl (C=O) groups excluding carboxylic acids is 2. The van der Waals surface area contributed by atoms with Crippen LogP contribution in [0.15, 0.2) is 72.9 Å². The van der Waals surface area contributed by atoms with E-state index in [0.29, 0.717) is 23.7 Å². The molecule has 6 nitrogen and oxygen atoms in total. The molecule has 7 heteroatoms. The molecule has 0 bridgehead atoms. The summed E-state index contributed by atoms with van der Waals surface area (Å²) in [5.74, 6) is -0.157. The van der Waals surface area contributed by atoms with Crippen LogP contribution in [0, 0.1) is 3.57 Å². The van der Waals surface area contributed by atoms with Crippen LogP contribution in [0.1, 0.15) is 15.9 Å². The van der Waals surface area contributed by atoms with Crippen molar-refractivity contribution in [1.29, 1.82) is 0 Å². The number of pyridine rings is 1. The van der Waals surface area contributed by atoms with Crippen LogP contribution in [0.2, 0.25) is 0 Å². The Kier molecular flexibility index (Phi) is 6.96. The molecule has 142 valence electrons. The third-order valence-corrected chi connectivity index (χ3v) is 4.72. The van der Waals surface area contributed by atoms with E-state index in [4.69, 9.17) is 4.74 Å². The second kappa shape index (κ2) is 9.84. The summed E-state index contributed by atoms with van der Waals surface area (Å²) in [6.07, 6.45) is 1.51. The topological polar surface area (TPSA) is 80.3 Å². The summed E-state index contributed by atoms with van der Waals surface area (Å²) < 4.78 is 6.44. The molecule has 0 radical (unpaired) electrons. The van der Waals surface area contributed by atoms with Crippen LogP contribution in [0.5, 0.6) is 5.88 Å². The third kappa shape index (κ3) is 5.78. The van der Waals surface area contributed by atoms with Crippen molar-refractivity contribution in [3.63, 3.8) is 0 Å². The fourth-order valence-corrected chi connectivity index (χ4v) is 3.01. The molecule has 1 aromatic heterocycles. The van der Waals surface area contributed by atoms with Crippen LogP contribution >= 0.6 is 22.6 Å². The van der Waals surface area contributed by atoms with E-state index in [9.17, 15) is 9.59 Å². The Bertz CT molecular complexity index is 947. The SMILES string of the molecule is O=C(CNC(=O)c1ccccc1I)Nc1ccc(OCc2ccccc2)nc1. The maximum absolute atomic E-state index is 12.1. The highest BCUT2D eigenvalue weighted by molar-refractivity contribution is 14.1. The molecule has 2 amide bonds. The number of carbonyl (C=O) groups is 2. The zero-order valence-corrected chi connectivity index (χ0v) is 17.0. The zero-order chi connectivity index (χ0) is 19.8. The third-order valence-electron chi connectivity index (χ3n) is 3.78. The van der Waals surface area contributed by atoms with Crippen LogP contribution in [0.25, 0.3) is 0 Å². The van der Waals surface area contributed by atoms with Gasteiger partial charge >= 0.3 is 0 Å². The summed E-state index contributed by atoms with van der Waals surface area (Å²) in [7, 11) is 0.